The molecule has 0 saturated heterocycles. The quantitative estimate of drug-likeness (QED) is 0.894. The Bertz CT molecular complexity index is 459. The van der Waals surface area contributed by atoms with E-state index >= 15 is 0 Å². The highest BCUT2D eigenvalue weighted by Crippen LogP contribution is 2.25. The van der Waals surface area contributed by atoms with Crippen molar-refractivity contribution in [2.24, 2.45) is 0 Å². The summed E-state index contributed by atoms with van der Waals surface area (Å²) in [6.45, 7) is 6.09. The van der Waals surface area contributed by atoms with Gasteiger partial charge in [-0.3, -0.25) is 0 Å². The Hall–Kier alpha value is -1.42. The lowest BCUT2D eigenvalue weighted by Crippen LogP contribution is -2.10. The third-order valence-electron chi connectivity index (χ3n) is 2.58. The van der Waals surface area contributed by atoms with Crippen molar-refractivity contribution in [3.63, 3.8) is 0 Å². The minimum atomic E-state index is 0.337. The van der Waals surface area contributed by atoms with Crippen molar-refractivity contribution in [2.75, 3.05) is 5.32 Å². The van der Waals surface area contributed by atoms with E-state index in [4.69, 9.17) is 0 Å². The van der Waals surface area contributed by atoms with E-state index in [2.05, 4.69) is 39.7 Å². The topological polar surface area (TPSA) is 37.8 Å². The molecule has 1 atom stereocenters. The van der Waals surface area contributed by atoms with Gasteiger partial charge in [-0.1, -0.05) is 13.0 Å². The van der Waals surface area contributed by atoms with Gasteiger partial charge in [0.1, 0.15) is 11.6 Å². The summed E-state index contributed by atoms with van der Waals surface area (Å²) in [5.41, 5.74) is 1.00. The summed E-state index contributed by atoms with van der Waals surface area (Å²) in [5.74, 6) is 1.73. The number of aromatic nitrogens is 2. The van der Waals surface area contributed by atoms with Crippen LogP contribution >= 0.6 is 11.3 Å². The van der Waals surface area contributed by atoms with Gasteiger partial charge in [-0.15, -0.1) is 11.3 Å². The van der Waals surface area contributed by atoms with E-state index in [1.807, 2.05) is 19.9 Å². The summed E-state index contributed by atoms with van der Waals surface area (Å²) in [7, 11) is 0. The van der Waals surface area contributed by atoms with Crippen LogP contribution < -0.4 is 5.32 Å². The first-order valence-corrected chi connectivity index (χ1v) is 6.69. The summed E-state index contributed by atoms with van der Waals surface area (Å²) in [5, 5.41) is 5.58. The van der Waals surface area contributed by atoms with Gasteiger partial charge in [-0.25, -0.2) is 9.97 Å². The second-order valence-electron chi connectivity index (χ2n) is 4.06. The SMILES string of the molecule is CCC(Nc1cc(C)nc(C)n1)c1cccs1. The minimum absolute atomic E-state index is 0.337. The molecule has 0 fully saturated rings. The lowest BCUT2D eigenvalue weighted by molar-refractivity contribution is 0.756. The molecule has 2 rings (SSSR count). The number of rotatable bonds is 4. The molecule has 0 saturated carbocycles. The lowest BCUT2D eigenvalue weighted by Gasteiger charge is -2.16. The van der Waals surface area contributed by atoms with Gasteiger partial charge in [0.2, 0.25) is 0 Å². The number of hydrogen-bond acceptors (Lipinski definition) is 4. The summed E-state index contributed by atoms with van der Waals surface area (Å²) >= 11 is 1.78. The van der Waals surface area contributed by atoms with E-state index in [1.54, 1.807) is 11.3 Å². The first-order chi connectivity index (χ1) is 8.19. The highest BCUT2D eigenvalue weighted by Gasteiger charge is 2.11. The molecule has 17 heavy (non-hydrogen) atoms. The predicted octanol–water partition coefficient (Wildman–Crippen LogP) is 3.72. The Labute approximate surface area is 106 Å². The molecule has 0 radical (unpaired) electrons. The molecule has 0 aromatic carbocycles. The fourth-order valence-electron chi connectivity index (χ4n) is 1.83. The van der Waals surface area contributed by atoms with Crippen LogP contribution in [0.4, 0.5) is 5.82 Å². The van der Waals surface area contributed by atoms with Gasteiger partial charge < -0.3 is 5.32 Å². The Balaban J connectivity index is 2.18. The van der Waals surface area contributed by atoms with Gasteiger partial charge in [-0.2, -0.15) is 0 Å². The third kappa shape index (κ3) is 3.03. The van der Waals surface area contributed by atoms with E-state index in [0.29, 0.717) is 6.04 Å². The van der Waals surface area contributed by atoms with Crippen LogP contribution in [-0.2, 0) is 0 Å². The largest absolute Gasteiger partial charge is 0.362 e. The molecule has 1 unspecified atom stereocenters. The van der Waals surface area contributed by atoms with E-state index in [9.17, 15) is 0 Å². The number of thiophene rings is 1. The molecule has 0 aliphatic heterocycles. The molecule has 2 aromatic heterocycles. The van der Waals surface area contributed by atoms with Gasteiger partial charge >= 0.3 is 0 Å². The van der Waals surface area contributed by atoms with Gasteiger partial charge in [0.15, 0.2) is 0 Å². The van der Waals surface area contributed by atoms with Gasteiger partial charge in [-0.05, 0) is 31.7 Å². The number of hydrogen-bond donors (Lipinski definition) is 1. The number of anilines is 1. The average Bonchev–Trinajstić information content (AvgIpc) is 2.77. The molecular weight excluding hydrogens is 230 g/mol. The Morgan fingerprint density at radius 2 is 2.18 bits per heavy atom. The molecule has 90 valence electrons. The molecular formula is C13H17N3S. The highest BCUT2D eigenvalue weighted by atomic mass is 32.1. The Kier molecular flexibility index (Phi) is 3.74. The van der Waals surface area contributed by atoms with Crippen LogP contribution in [0.15, 0.2) is 23.6 Å². The van der Waals surface area contributed by atoms with Gasteiger partial charge in [0.05, 0.1) is 6.04 Å². The lowest BCUT2D eigenvalue weighted by atomic mass is 10.2. The smallest absolute Gasteiger partial charge is 0.130 e. The minimum Gasteiger partial charge on any atom is -0.362 e. The molecule has 0 spiro atoms. The number of aryl methyl sites for hydroxylation is 2. The van der Waals surface area contributed by atoms with Crippen molar-refractivity contribution in [3.8, 4) is 0 Å². The van der Waals surface area contributed by atoms with Crippen molar-refractivity contribution in [2.45, 2.75) is 33.2 Å². The maximum atomic E-state index is 4.41. The van der Waals surface area contributed by atoms with Crippen molar-refractivity contribution in [1.82, 2.24) is 9.97 Å². The summed E-state index contributed by atoms with van der Waals surface area (Å²) in [6, 6.07) is 6.57. The normalized spacial score (nSPS) is 12.4. The second kappa shape index (κ2) is 5.27. The molecule has 1 N–H and O–H groups in total. The van der Waals surface area contributed by atoms with Crippen molar-refractivity contribution >= 4 is 17.2 Å². The van der Waals surface area contributed by atoms with Crippen LogP contribution in [-0.4, -0.2) is 9.97 Å². The molecule has 0 aliphatic rings. The zero-order valence-electron chi connectivity index (χ0n) is 10.4. The van der Waals surface area contributed by atoms with Gasteiger partial charge in [0, 0.05) is 16.6 Å². The third-order valence-corrected chi connectivity index (χ3v) is 3.57. The van der Waals surface area contributed by atoms with Crippen molar-refractivity contribution in [3.05, 3.63) is 40.0 Å². The molecule has 0 bridgehead atoms. The number of nitrogens with one attached hydrogen (secondary N) is 1. The van der Waals surface area contributed by atoms with Crippen LogP contribution in [0, 0.1) is 13.8 Å². The molecule has 2 aromatic rings. The zero-order chi connectivity index (χ0) is 12.3. The predicted molar refractivity (Wildman–Crippen MR) is 72.5 cm³/mol. The first-order valence-electron chi connectivity index (χ1n) is 5.81. The van der Waals surface area contributed by atoms with Crippen LogP contribution in [0.25, 0.3) is 0 Å². The maximum Gasteiger partial charge on any atom is 0.130 e. The summed E-state index contributed by atoms with van der Waals surface area (Å²) < 4.78 is 0. The fourth-order valence-corrected chi connectivity index (χ4v) is 2.69. The molecule has 2 heterocycles. The van der Waals surface area contributed by atoms with Gasteiger partial charge in [0.25, 0.3) is 0 Å². The molecule has 3 nitrogen and oxygen atoms in total. The monoisotopic (exact) mass is 247 g/mol. The van der Waals surface area contributed by atoms with E-state index in [1.165, 1.54) is 4.88 Å². The Morgan fingerprint density at radius 1 is 1.35 bits per heavy atom. The van der Waals surface area contributed by atoms with Crippen molar-refractivity contribution < 1.29 is 0 Å². The molecule has 0 aliphatic carbocycles. The zero-order valence-corrected chi connectivity index (χ0v) is 11.2. The maximum absolute atomic E-state index is 4.41. The first kappa shape index (κ1) is 12.0. The van der Waals surface area contributed by atoms with Crippen LogP contribution in [0.1, 0.15) is 35.8 Å². The van der Waals surface area contributed by atoms with Crippen molar-refractivity contribution in [1.29, 1.82) is 0 Å². The number of nitrogens with zero attached hydrogens (tertiary/aromatic N) is 2. The molecule has 4 heteroatoms. The van der Waals surface area contributed by atoms with Crippen LogP contribution in [0.5, 0.6) is 0 Å². The summed E-state index contributed by atoms with van der Waals surface area (Å²) in [4.78, 5) is 10.0. The van der Waals surface area contributed by atoms with Crippen LogP contribution in [0.3, 0.4) is 0 Å². The molecule has 0 amide bonds. The second-order valence-corrected chi connectivity index (χ2v) is 5.04. The van der Waals surface area contributed by atoms with E-state index in [-0.39, 0.29) is 0 Å². The standard InChI is InChI=1S/C13H17N3S/c1-4-11(12-6-5-7-17-12)16-13-8-9(2)14-10(3)15-13/h5-8,11H,4H2,1-3H3,(H,14,15,16). The summed E-state index contributed by atoms with van der Waals surface area (Å²) in [6.07, 6.45) is 1.04. The highest BCUT2D eigenvalue weighted by molar-refractivity contribution is 7.10. The Morgan fingerprint density at radius 3 is 2.76 bits per heavy atom. The van der Waals surface area contributed by atoms with E-state index < -0.39 is 0 Å². The fraction of sp³-hybridized carbons (Fsp3) is 0.385. The van der Waals surface area contributed by atoms with Crippen LogP contribution in [0.2, 0.25) is 0 Å². The van der Waals surface area contributed by atoms with E-state index in [0.717, 1.165) is 23.8 Å². The average molecular weight is 247 g/mol.